The number of rotatable bonds is 5. The number of methoxy groups -OCH3 is 1. The number of aromatic nitrogens is 1. The Labute approximate surface area is 117 Å². The monoisotopic (exact) mass is 274 g/mol. The predicted molar refractivity (Wildman–Crippen MR) is 76.6 cm³/mol. The molecule has 20 heavy (non-hydrogen) atoms. The fourth-order valence-corrected chi connectivity index (χ4v) is 1.76. The zero-order valence-electron chi connectivity index (χ0n) is 11.8. The summed E-state index contributed by atoms with van der Waals surface area (Å²) in [6.45, 7) is 4.46. The van der Waals surface area contributed by atoms with E-state index >= 15 is 0 Å². The highest BCUT2D eigenvalue weighted by atomic mass is 16.7. The second kappa shape index (κ2) is 6.34. The molecule has 0 saturated carbocycles. The molecule has 0 aliphatic heterocycles. The highest BCUT2D eigenvalue weighted by Gasteiger charge is 2.12. The number of hydroxylamine groups is 1. The van der Waals surface area contributed by atoms with E-state index in [1.165, 1.54) is 7.11 Å². The smallest absolute Gasteiger partial charge is 0.293 e. The lowest BCUT2D eigenvalue weighted by molar-refractivity contribution is 0.0204. The van der Waals surface area contributed by atoms with Crippen LogP contribution in [-0.4, -0.2) is 24.6 Å². The maximum absolute atomic E-state index is 12.0. The van der Waals surface area contributed by atoms with Crippen molar-refractivity contribution in [2.45, 2.75) is 13.8 Å². The van der Waals surface area contributed by atoms with E-state index in [9.17, 15) is 4.79 Å². The largest absolute Gasteiger partial charge is 0.481 e. The zero-order chi connectivity index (χ0) is 14.5. The third-order valence-electron chi connectivity index (χ3n) is 2.71. The molecule has 0 bridgehead atoms. The van der Waals surface area contributed by atoms with Crippen LogP contribution in [0.5, 0.6) is 5.88 Å². The van der Waals surface area contributed by atoms with Crippen molar-refractivity contribution in [2.75, 3.05) is 13.7 Å². The Kier molecular flexibility index (Phi) is 4.53. The van der Waals surface area contributed by atoms with E-state index in [0.29, 0.717) is 18.4 Å². The molecule has 1 aromatic heterocycles. The third kappa shape index (κ3) is 3.24. The van der Waals surface area contributed by atoms with Gasteiger partial charge in [0.2, 0.25) is 5.88 Å². The number of amides is 1. The van der Waals surface area contributed by atoms with Crippen molar-refractivity contribution in [3.8, 4) is 5.88 Å². The van der Waals surface area contributed by atoms with Gasteiger partial charge in [0.05, 0.1) is 13.7 Å². The van der Waals surface area contributed by atoms with Gasteiger partial charge in [-0.15, -0.1) is 0 Å². The molecule has 5 nitrogen and oxygen atoms in total. The number of hydrogen-bond donors (Lipinski definition) is 1. The summed E-state index contributed by atoms with van der Waals surface area (Å²) in [7, 11) is 1.53. The van der Waals surface area contributed by atoms with Gasteiger partial charge in [-0.25, -0.2) is 10.5 Å². The van der Waals surface area contributed by atoms with Crippen LogP contribution in [0.2, 0.25) is 0 Å². The summed E-state index contributed by atoms with van der Waals surface area (Å²) < 4.78 is 5.23. The molecule has 1 aromatic carbocycles. The Morgan fingerprint density at radius 3 is 2.80 bits per heavy atom. The van der Waals surface area contributed by atoms with Crippen LogP contribution in [-0.2, 0) is 4.84 Å². The number of carbonyl (C=O) groups is 1. The molecule has 0 fully saturated rings. The summed E-state index contributed by atoms with van der Waals surface area (Å²) in [5, 5.41) is 1.77. The van der Waals surface area contributed by atoms with Crippen LogP contribution in [0.1, 0.15) is 24.3 Å². The average molecular weight is 274 g/mol. The first kappa shape index (κ1) is 14.3. The first-order valence-electron chi connectivity index (χ1n) is 6.47. The summed E-state index contributed by atoms with van der Waals surface area (Å²) in [5.41, 5.74) is 2.66. The molecule has 2 rings (SSSR count). The number of nitrogens with zero attached hydrogens (tertiary/aromatic N) is 1. The number of carbonyl (C=O) groups excluding carboxylic acids is 1. The number of fused-ring (bicyclic) bond motifs is 1. The van der Waals surface area contributed by atoms with Gasteiger partial charge in [-0.1, -0.05) is 32.0 Å². The molecule has 1 heterocycles. The third-order valence-corrected chi connectivity index (χ3v) is 2.71. The molecule has 106 valence electrons. The molecule has 0 radical (unpaired) electrons. The zero-order valence-corrected chi connectivity index (χ0v) is 11.8. The SMILES string of the molecule is COc1nc(C(=O)NOCC(C)C)cc2ccccc12. The summed E-state index contributed by atoms with van der Waals surface area (Å²) in [5.74, 6) is 0.390. The molecule has 2 aromatic rings. The molecule has 0 atom stereocenters. The molecule has 0 aliphatic rings. The Morgan fingerprint density at radius 2 is 2.10 bits per heavy atom. The van der Waals surface area contributed by atoms with Crippen molar-refractivity contribution < 1.29 is 14.4 Å². The van der Waals surface area contributed by atoms with Gasteiger partial charge >= 0.3 is 0 Å². The number of pyridine rings is 1. The lowest BCUT2D eigenvalue weighted by atomic mass is 10.1. The van der Waals surface area contributed by atoms with Crippen molar-refractivity contribution in [3.05, 3.63) is 36.0 Å². The number of ether oxygens (including phenoxy) is 1. The van der Waals surface area contributed by atoms with Gasteiger partial charge in [-0.05, 0) is 23.4 Å². The fourth-order valence-electron chi connectivity index (χ4n) is 1.76. The molecule has 0 saturated heterocycles. The second-order valence-electron chi connectivity index (χ2n) is 4.87. The normalized spacial score (nSPS) is 10.8. The minimum Gasteiger partial charge on any atom is -0.481 e. The van der Waals surface area contributed by atoms with Crippen molar-refractivity contribution >= 4 is 16.7 Å². The quantitative estimate of drug-likeness (QED) is 0.851. The minimum atomic E-state index is -0.380. The predicted octanol–water partition coefficient (Wildman–Crippen LogP) is 2.56. The summed E-state index contributed by atoms with van der Waals surface area (Å²) in [6, 6.07) is 9.33. The standard InChI is InChI=1S/C15H18N2O3/c1-10(2)9-20-17-14(18)13-8-11-6-4-5-7-12(11)15(16-13)19-3/h4-8,10H,9H2,1-3H3,(H,17,18). The van der Waals surface area contributed by atoms with E-state index in [4.69, 9.17) is 9.57 Å². The Balaban J connectivity index is 2.23. The van der Waals surface area contributed by atoms with Crippen LogP contribution in [0.3, 0.4) is 0 Å². The molecular weight excluding hydrogens is 256 g/mol. The summed E-state index contributed by atoms with van der Waals surface area (Å²) in [6.07, 6.45) is 0. The van der Waals surface area contributed by atoms with E-state index in [-0.39, 0.29) is 11.6 Å². The van der Waals surface area contributed by atoms with Crippen molar-refractivity contribution in [3.63, 3.8) is 0 Å². The summed E-state index contributed by atoms with van der Waals surface area (Å²) in [4.78, 5) is 21.3. The maximum atomic E-state index is 12.0. The molecular formula is C15H18N2O3. The van der Waals surface area contributed by atoms with Crippen LogP contribution in [0, 0.1) is 5.92 Å². The van der Waals surface area contributed by atoms with Crippen LogP contribution >= 0.6 is 0 Å². The Hall–Kier alpha value is -2.14. The van der Waals surface area contributed by atoms with Gasteiger partial charge < -0.3 is 4.74 Å². The average Bonchev–Trinajstić information content (AvgIpc) is 2.45. The van der Waals surface area contributed by atoms with Gasteiger partial charge in [-0.3, -0.25) is 9.63 Å². The first-order chi connectivity index (χ1) is 9.61. The van der Waals surface area contributed by atoms with Gasteiger partial charge in [0, 0.05) is 5.39 Å². The van der Waals surface area contributed by atoms with Gasteiger partial charge in [-0.2, -0.15) is 0 Å². The van der Waals surface area contributed by atoms with E-state index < -0.39 is 0 Å². The summed E-state index contributed by atoms with van der Waals surface area (Å²) >= 11 is 0. The minimum absolute atomic E-state index is 0.268. The van der Waals surface area contributed by atoms with E-state index in [2.05, 4.69) is 10.5 Å². The van der Waals surface area contributed by atoms with Crippen LogP contribution in [0.4, 0.5) is 0 Å². The highest BCUT2D eigenvalue weighted by Crippen LogP contribution is 2.23. The van der Waals surface area contributed by atoms with Crippen LogP contribution in [0.25, 0.3) is 10.8 Å². The molecule has 1 amide bonds. The topological polar surface area (TPSA) is 60.5 Å². The molecule has 0 aliphatic carbocycles. The number of nitrogens with one attached hydrogen (secondary N) is 1. The lowest BCUT2D eigenvalue weighted by Crippen LogP contribution is -2.26. The van der Waals surface area contributed by atoms with Crippen molar-refractivity contribution in [2.24, 2.45) is 5.92 Å². The number of hydrogen-bond acceptors (Lipinski definition) is 4. The van der Waals surface area contributed by atoms with E-state index in [0.717, 1.165) is 10.8 Å². The fraction of sp³-hybridized carbons (Fsp3) is 0.333. The van der Waals surface area contributed by atoms with Crippen LogP contribution in [0.15, 0.2) is 30.3 Å². The van der Waals surface area contributed by atoms with Gasteiger partial charge in [0.15, 0.2) is 0 Å². The maximum Gasteiger partial charge on any atom is 0.293 e. The Bertz CT molecular complexity index is 611. The molecule has 5 heteroatoms. The Morgan fingerprint density at radius 1 is 1.35 bits per heavy atom. The molecule has 1 N–H and O–H groups in total. The molecule has 0 unspecified atom stereocenters. The van der Waals surface area contributed by atoms with Crippen molar-refractivity contribution in [1.82, 2.24) is 10.5 Å². The second-order valence-corrected chi connectivity index (χ2v) is 4.87. The lowest BCUT2D eigenvalue weighted by Gasteiger charge is -2.10. The van der Waals surface area contributed by atoms with Gasteiger partial charge in [0.25, 0.3) is 5.91 Å². The van der Waals surface area contributed by atoms with Crippen LogP contribution < -0.4 is 10.2 Å². The first-order valence-corrected chi connectivity index (χ1v) is 6.47. The van der Waals surface area contributed by atoms with E-state index in [1.54, 1.807) is 6.07 Å². The van der Waals surface area contributed by atoms with Crippen molar-refractivity contribution in [1.29, 1.82) is 0 Å². The highest BCUT2D eigenvalue weighted by molar-refractivity contribution is 5.97. The number of benzene rings is 1. The van der Waals surface area contributed by atoms with E-state index in [1.807, 2.05) is 38.1 Å². The van der Waals surface area contributed by atoms with Gasteiger partial charge in [0.1, 0.15) is 5.69 Å². The molecule has 0 spiro atoms.